The molecule has 4 heterocycles. The van der Waals surface area contributed by atoms with Gasteiger partial charge in [-0.1, -0.05) is 18.2 Å². The average Bonchev–Trinajstić information content (AvgIpc) is 3.78. The molecule has 1 saturated heterocycles. The molecule has 1 saturated carbocycles. The number of hydrogen-bond donors (Lipinski definition) is 3. The summed E-state index contributed by atoms with van der Waals surface area (Å²) in [6, 6.07) is 13.7. The molecule has 0 atom stereocenters. The highest BCUT2D eigenvalue weighted by atomic mass is 16.5. The smallest absolute Gasteiger partial charge is 0.273 e. The van der Waals surface area contributed by atoms with Crippen molar-refractivity contribution in [3.63, 3.8) is 0 Å². The van der Waals surface area contributed by atoms with Crippen LogP contribution in [0.3, 0.4) is 0 Å². The highest BCUT2D eigenvalue weighted by molar-refractivity contribution is 6.00. The number of para-hydroxylation sites is 1. The van der Waals surface area contributed by atoms with Crippen LogP contribution in [0.4, 0.5) is 17.2 Å². The first-order chi connectivity index (χ1) is 21.7. The Morgan fingerprint density at radius 2 is 1.98 bits per heavy atom. The van der Waals surface area contributed by atoms with E-state index in [-0.39, 0.29) is 40.8 Å². The van der Waals surface area contributed by atoms with E-state index in [0.717, 1.165) is 24.0 Å². The van der Waals surface area contributed by atoms with Crippen LogP contribution in [-0.4, -0.2) is 68.9 Å². The second-order valence-corrected chi connectivity index (χ2v) is 10.2. The fourth-order valence-electron chi connectivity index (χ4n) is 4.75. The largest absolute Gasteiger partial charge is 0.494 e. The molecule has 1 aliphatic heterocycles. The van der Waals surface area contributed by atoms with E-state index < -0.39 is 12.4 Å². The normalized spacial score (nSPS) is 15.8. The number of benzene rings is 1. The van der Waals surface area contributed by atoms with Gasteiger partial charge >= 0.3 is 0 Å². The predicted octanol–water partition coefficient (Wildman–Crippen LogP) is 3.12. The molecule has 218 valence electrons. The molecule has 2 fully saturated rings. The van der Waals surface area contributed by atoms with Gasteiger partial charge in [0.2, 0.25) is 5.91 Å². The summed E-state index contributed by atoms with van der Waals surface area (Å²) < 4.78 is 24.8. The van der Waals surface area contributed by atoms with Crippen LogP contribution in [0.1, 0.15) is 43.5 Å². The maximum atomic E-state index is 12.6. The first-order valence-corrected chi connectivity index (χ1v) is 13.7. The number of carbonyl (C=O) groups is 2. The van der Waals surface area contributed by atoms with Gasteiger partial charge in [0.05, 0.1) is 36.4 Å². The lowest BCUT2D eigenvalue weighted by Gasteiger charge is -2.38. The number of hydrogen-bond acceptors (Lipinski definition) is 10. The van der Waals surface area contributed by atoms with Crippen LogP contribution in [0.5, 0.6) is 5.75 Å². The number of likely N-dealkylation sites (tertiary alicyclic amines) is 1. The van der Waals surface area contributed by atoms with E-state index in [2.05, 4.69) is 36.2 Å². The van der Waals surface area contributed by atoms with E-state index in [1.54, 1.807) is 53.2 Å². The van der Waals surface area contributed by atoms with E-state index in [1.165, 1.54) is 7.05 Å². The van der Waals surface area contributed by atoms with Gasteiger partial charge in [0.15, 0.2) is 11.5 Å². The van der Waals surface area contributed by atoms with Gasteiger partial charge in [0, 0.05) is 58.7 Å². The van der Waals surface area contributed by atoms with Crippen LogP contribution in [-0.2, 0) is 11.3 Å². The molecule has 13 heteroatoms. The van der Waals surface area contributed by atoms with Crippen molar-refractivity contribution in [3.8, 4) is 22.9 Å². The van der Waals surface area contributed by atoms with Gasteiger partial charge in [-0.3, -0.25) is 19.2 Å². The van der Waals surface area contributed by atoms with Crippen molar-refractivity contribution in [1.82, 2.24) is 35.2 Å². The van der Waals surface area contributed by atoms with Gasteiger partial charge in [-0.25, -0.2) is 4.98 Å². The van der Waals surface area contributed by atoms with Crippen molar-refractivity contribution < 1.29 is 17.1 Å². The minimum atomic E-state index is -1.83. The molecule has 1 aliphatic carbocycles. The highest BCUT2D eigenvalue weighted by Crippen LogP contribution is 2.39. The number of anilines is 3. The second-order valence-electron chi connectivity index (χ2n) is 10.2. The topological polar surface area (TPSA) is 163 Å². The summed E-state index contributed by atoms with van der Waals surface area (Å²) in [5.74, 6) is 0.118. The monoisotopic (exact) mass is 580 g/mol. The predicted molar refractivity (Wildman–Crippen MR) is 158 cm³/mol. The first kappa shape index (κ1) is 25.4. The van der Waals surface area contributed by atoms with Crippen LogP contribution in [0, 0.1) is 17.2 Å². The third-order valence-corrected chi connectivity index (χ3v) is 7.21. The lowest BCUT2D eigenvalue weighted by Crippen LogP contribution is -2.47. The fourth-order valence-corrected chi connectivity index (χ4v) is 4.75. The molecule has 0 spiro atoms. The number of ether oxygens (including phenoxy) is 1. The number of carbonyl (C=O) groups excluding carboxylic acids is 2. The van der Waals surface area contributed by atoms with Crippen molar-refractivity contribution in [2.75, 3.05) is 37.9 Å². The quantitative estimate of drug-likeness (QED) is 0.254. The Balaban J connectivity index is 1.21. The molecule has 13 nitrogen and oxygen atoms in total. The molecule has 1 aromatic carbocycles. The van der Waals surface area contributed by atoms with E-state index in [4.69, 9.17) is 12.7 Å². The number of aromatic nitrogens is 5. The van der Waals surface area contributed by atoms with Crippen molar-refractivity contribution >= 4 is 29.0 Å². The molecular formula is C30H30N10O3. The summed E-state index contributed by atoms with van der Waals surface area (Å²) in [6.07, 6.45) is 5.27. The van der Waals surface area contributed by atoms with Gasteiger partial charge in [0.1, 0.15) is 17.5 Å². The molecule has 2 amide bonds. The summed E-state index contributed by atoms with van der Waals surface area (Å²) in [5.41, 5.74) is 2.81. The van der Waals surface area contributed by atoms with Crippen molar-refractivity contribution in [3.05, 3.63) is 71.9 Å². The Morgan fingerprint density at radius 3 is 2.72 bits per heavy atom. The minimum Gasteiger partial charge on any atom is -0.494 e. The van der Waals surface area contributed by atoms with Crippen LogP contribution < -0.4 is 20.7 Å². The van der Waals surface area contributed by atoms with Gasteiger partial charge < -0.3 is 20.7 Å². The Bertz CT molecular complexity index is 1810. The standard InChI is InChI=1S/C30H30N10O3/c1-32-30(42)27-25(11-26(37-38-27)36-29(41)18-9-10-18)35-24-8-4-7-23(28(24)43-2)19-13-33-40(14-19)22-16-39(17-22)15-21-6-3-5-20(12-31)34-21/h3-8,11,13-14,18,22H,9-10,15-17H2,1-2H3,(H,32,42)(H2,35,36,37,41)/i15D2. The number of methoxy groups -OCH3 is 1. The Morgan fingerprint density at radius 1 is 1.16 bits per heavy atom. The number of amides is 2. The SMILES string of the molecule is [2H]C([2H])(c1cccc(C#N)n1)N1CC(n2cc(-c3cccc(Nc4cc(NC(=O)C5CC5)nnc4C(=O)NC)c3OC)cn2)C1. The van der Waals surface area contributed by atoms with Crippen LogP contribution in [0.15, 0.2) is 54.9 Å². The van der Waals surface area contributed by atoms with E-state index in [0.29, 0.717) is 30.2 Å². The molecule has 4 aromatic rings. The fraction of sp³-hybridized carbons (Fsp3) is 0.300. The summed E-state index contributed by atoms with van der Waals surface area (Å²) in [5, 5.41) is 30.3. The van der Waals surface area contributed by atoms with Crippen molar-refractivity contribution in [2.45, 2.75) is 25.4 Å². The molecule has 0 bridgehead atoms. The van der Waals surface area contributed by atoms with E-state index >= 15 is 0 Å². The van der Waals surface area contributed by atoms with Crippen LogP contribution >= 0.6 is 0 Å². The number of nitriles is 1. The van der Waals surface area contributed by atoms with Gasteiger partial charge in [-0.05, 0) is 31.0 Å². The van der Waals surface area contributed by atoms with Crippen molar-refractivity contribution in [1.29, 1.82) is 5.26 Å². The summed E-state index contributed by atoms with van der Waals surface area (Å²) in [6.45, 7) is -1.02. The van der Waals surface area contributed by atoms with Crippen molar-refractivity contribution in [2.24, 2.45) is 5.92 Å². The van der Waals surface area contributed by atoms with Crippen LogP contribution in [0.25, 0.3) is 11.1 Å². The third kappa shape index (κ3) is 6.00. The molecule has 3 N–H and O–H groups in total. The Kier molecular flexibility index (Phi) is 7.00. The van der Waals surface area contributed by atoms with Gasteiger partial charge in [-0.2, -0.15) is 10.4 Å². The minimum absolute atomic E-state index is 0.0254. The number of nitrogens with zero attached hydrogens (tertiary/aromatic N) is 7. The molecule has 3 aromatic heterocycles. The van der Waals surface area contributed by atoms with E-state index in [1.807, 2.05) is 24.4 Å². The molecule has 6 rings (SSSR count). The zero-order valence-electron chi connectivity index (χ0n) is 25.5. The number of rotatable bonds is 10. The zero-order valence-corrected chi connectivity index (χ0v) is 23.5. The molecule has 0 radical (unpaired) electrons. The number of nitrogens with one attached hydrogen (secondary N) is 3. The Labute approximate surface area is 250 Å². The molecule has 43 heavy (non-hydrogen) atoms. The van der Waals surface area contributed by atoms with Crippen LogP contribution in [0.2, 0.25) is 0 Å². The second kappa shape index (κ2) is 11.9. The summed E-state index contributed by atoms with van der Waals surface area (Å²) in [4.78, 5) is 30.7. The number of pyridine rings is 1. The highest BCUT2D eigenvalue weighted by Gasteiger charge is 2.31. The maximum absolute atomic E-state index is 12.6. The molecule has 0 unspecified atom stereocenters. The van der Waals surface area contributed by atoms with Gasteiger partial charge in [0.25, 0.3) is 5.91 Å². The lowest BCUT2D eigenvalue weighted by atomic mass is 10.1. The average molecular weight is 581 g/mol. The van der Waals surface area contributed by atoms with E-state index in [9.17, 15) is 9.59 Å². The lowest BCUT2D eigenvalue weighted by molar-refractivity contribution is -0.117. The third-order valence-electron chi connectivity index (χ3n) is 7.21. The first-order valence-electron chi connectivity index (χ1n) is 14.7. The summed E-state index contributed by atoms with van der Waals surface area (Å²) in [7, 11) is 3.04. The maximum Gasteiger partial charge on any atom is 0.273 e. The summed E-state index contributed by atoms with van der Waals surface area (Å²) >= 11 is 0. The van der Waals surface area contributed by atoms with Gasteiger partial charge in [-0.15, -0.1) is 10.2 Å². The zero-order chi connectivity index (χ0) is 31.7. The molecule has 2 aliphatic rings. The molecular weight excluding hydrogens is 548 g/mol. The Hall–Kier alpha value is -5.35.